The number of rotatable bonds is 6. The van der Waals surface area contributed by atoms with E-state index in [2.05, 4.69) is 5.32 Å². The van der Waals surface area contributed by atoms with Crippen LogP contribution in [0.5, 0.6) is 0 Å². The number of carbonyl (C=O) groups is 1. The predicted molar refractivity (Wildman–Crippen MR) is 100 cm³/mol. The molecule has 2 heterocycles. The topological polar surface area (TPSA) is 51.5 Å². The molecular formula is C20H25NO3S. The molecule has 25 heavy (non-hydrogen) atoms. The van der Waals surface area contributed by atoms with Crippen LogP contribution in [0.1, 0.15) is 53.2 Å². The van der Waals surface area contributed by atoms with Gasteiger partial charge < -0.3 is 14.5 Å². The Balaban J connectivity index is 1.67. The normalized spacial score (nSPS) is 18.3. The van der Waals surface area contributed by atoms with Gasteiger partial charge in [0.05, 0.1) is 17.7 Å². The molecule has 0 spiro atoms. The summed E-state index contributed by atoms with van der Waals surface area (Å²) in [5, 5.41) is 3.09. The molecule has 5 heteroatoms. The average Bonchev–Trinajstić information content (AvgIpc) is 3.22. The minimum absolute atomic E-state index is 0.0545. The summed E-state index contributed by atoms with van der Waals surface area (Å²) >= 11 is 1.70. The van der Waals surface area contributed by atoms with Gasteiger partial charge in [-0.1, -0.05) is 12.1 Å². The minimum atomic E-state index is -0.0961. The standard InChI is InChI=1S/C20H25NO3S/c1-13-11-18(15(3)24-13)14(2)21-20(22)17-8-4-5-9-19(17)25-12-16-7-6-10-23-16/h4-5,8-9,11,14,16H,6-7,10,12H2,1-3H3,(H,21,22). The summed E-state index contributed by atoms with van der Waals surface area (Å²) < 4.78 is 11.3. The molecular weight excluding hydrogens is 334 g/mol. The molecule has 3 rings (SSSR count). The molecule has 1 aliphatic rings. The minimum Gasteiger partial charge on any atom is -0.466 e. The number of hydrogen-bond donors (Lipinski definition) is 1. The van der Waals surface area contributed by atoms with Gasteiger partial charge in [-0.2, -0.15) is 0 Å². The Morgan fingerprint density at radius 2 is 2.16 bits per heavy atom. The molecule has 1 fully saturated rings. The second kappa shape index (κ2) is 8.11. The van der Waals surface area contributed by atoms with Crippen LogP contribution in [-0.4, -0.2) is 24.4 Å². The number of nitrogens with one attached hydrogen (secondary N) is 1. The van der Waals surface area contributed by atoms with E-state index in [1.165, 1.54) is 0 Å². The second-order valence-corrected chi connectivity index (χ2v) is 7.57. The van der Waals surface area contributed by atoms with Gasteiger partial charge in [0.2, 0.25) is 0 Å². The van der Waals surface area contributed by atoms with Crippen molar-refractivity contribution < 1.29 is 13.9 Å². The van der Waals surface area contributed by atoms with Crippen LogP contribution in [0.4, 0.5) is 0 Å². The number of carbonyl (C=O) groups excluding carboxylic acids is 1. The molecule has 4 nitrogen and oxygen atoms in total. The van der Waals surface area contributed by atoms with E-state index in [-0.39, 0.29) is 11.9 Å². The van der Waals surface area contributed by atoms with E-state index < -0.39 is 0 Å². The molecule has 1 amide bonds. The smallest absolute Gasteiger partial charge is 0.252 e. The number of aryl methyl sites for hydroxylation is 2. The van der Waals surface area contributed by atoms with E-state index >= 15 is 0 Å². The Bertz CT molecular complexity index is 734. The Kier molecular flexibility index (Phi) is 5.86. The molecule has 0 radical (unpaired) electrons. The van der Waals surface area contributed by atoms with Gasteiger partial charge in [-0.15, -0.1) is 11.8 Å². The highest BCUT2D eigenvalue weighted by Crippen LogP contribution is 2.28. The molecule has 1 aliphatic heterocycles. The van der Waals surface area contributed by atoms with Crippen LogP contribution >= 0.6 is 11.8 Å². The molecule has 1 aromatic carbocycles. The summed E-state index contributed by atoms with van der Waals surface area (Å²) in [7, 11) is 0. The van der Waals surface area contributed by atoms with Crippen molar-refractivity contribution >= 4 is 17.7 Å². The first-order valence-corrected chi connectivity index (χ1v) is 9.74. The Hall–Kier alpha value is -1.72. The maximum absolute atomic E-state index is 12.8. The van der Waals surface area contributed by atoms with Crippen molar-refractivity contribution in [3.05, 3.63) is 53.0 Å². The number of thioether (sulfide) groups is 1. The van der Waals surface area contributed by atoms with Crippen molar-refractivity contribution in [2.24, 2.45) is 0 Å². The van der Waals surface area contributed by atoms with Crippen LogP contribution in [0.2, 0.25) is 0 Å². The summed E-state index contributed by atoms with van der Waals surface area (Å²) in [5.74, 6) is 2.55. The van der Waals surface area contributed by atoms with Gasteiger partial charge in [-0.3, -0.25) is 4.79 Å². The molecule has 0 bridgehead atoms. The fourth-order valence-corrected chi connectivity index (χ4v) is 4.29. The molecule has 1 aromatic heterocycles. The summed E-state index contributed by atoms with van der Waals surface area (Å²) in [6, 6.07) is 9.66. The second-order valence-electron chi connectivity index (χ2n) is 6.51. The third-order valence-electron chi connectivity index (χ3n) is 4.47. The van der Waals surface area contributed by atoms with Crippen molar-refractivity contribution in [1.29, 1.82) is 0 Å². The van der Waals surface area contributed by atoms with Gasteiger partial charge >= 0.3 is 0 Å². The van der Waals surface area contributed by atoms with Crippen LogP contribution in [0, 0.1) is 13.8 Å². The summed E-state index contributed by atoms with van der Waals surface area (Å²) in [6.07, 6.45) is 2.54. The Labute approximate surface area is 153 Å². The quantitative estimate of drug-likeness (QED) is 0.762. The van der Waals surface area contributed by atoms with Crippen LogP contribution in [0.3, 0.4) is 0 Å². The third kappa shape index (κ3) is 4.47. The number of ether oxygens (including phenoxy) is 1. The van der Waals surface area contributed by atoms with Gasteiger partial charge in [0.1, 0.15) is 11.5 Å². The zero-order valence-electron chi connectivity index (χ0n) is 15.0. The first kappa shape index (κ1) is 18.1. The molecule has 0 aliphatic carbocycles. The SMILES string of the molecule is Cc1cc(C(C)NC(=O)c2ccccc2SCC2CCCO2)c(C)o1. The molecule has 2 aromatic rings. The molecule has 1 N–H and O–H groups in total. The Morgan fingerprint density at radius 1 is 1.36 bits per heavy atom. The first-order chi connectivity index (χ1) is 12.0. The van der Waals surface area contributed by atoms with E-state index in [9.17, 15) is 4.79 Å². The lowest BCUT2D eigenvalue weighted by Crippen LogP contribution is -2.27. The molecule has 134 valence electrons. The monoisotopic (exact) mass is 359 g/mol. The van der Waals surface area contributed by atoms with E-state index in [4.69, 9.17) is 9.15 Å². The largest absolute Gasteiger partial charge is 0.466 e. The number of amides is 1. The van der Waals surface area contributed by atoms with Gasteiger partial charge in [-0.25, -0.2) is 0 Å². The number of benzene rings is 1. The van der Waals surface area contributed by atoms with Crippen molar-refractivity contribution in [2.75, 3.05) is 12.4 Å². The molecule has 1 saturated heterocycles. The van der Waals surface area contributed by atoms with E-state index in [1.807, 2.05) is 51.1 Å². The lowest BCUT2D eigenvalue weighted by atomic mass is 10.1. The van der Waals surface area contributed by atoms with E-state index in [1.54, 1.807) is 11.8 Å². The highest BCUT2D eigenvalue weighted by atomic mass is 32.2. The number of hydrogen-bond acceptors (Lipinski definition) is 4. The van der Waals surface area contributed by atoms with Crippen LogP contribution in [-0.2, 0) is 4.74 Å². The zero-order chi connectivity index (χ0) is 17.8. The van der Waals surface area contributed by atoms with Crippen LogP contribution in [0.15, 0.2) is 39.6 Å². The fourth-order valence-electron chi connectivity index (χ4n) is 3.17. The Morgan fingerprint density at radius 3 is 2.84 bits per heavy atom. The summed E-state index contributed by atoms with van der Waals surface area (Å²) in [6.45, 7) is 6.68. The molecule has 2 unspecified atom stereocenters. The van der Waals surface area contributed by atoms with Gasteiger partial charge in [-0.05, 0) is 51.8 Å². The van der Waals surface area contributed by atoms with Crippen molar-refractivity contribution in [3.63, 3.8) is 0 Å². The highest BCUT2D eigenvalue weighted by molar-refractivity contribution is 7.99. The summed E-state index contributed by atoms with van der Waals surface area (Å²) in [5.41, 5.74) is 1.74. The predicted octanol–water partition coefficient (Wildman–Crippen LogP) is 4.66. The maximum atomic E-state index is 12.8. The average molecular weight is 359 g/mol. The van der Waals surface area contributed by atoms with Gasteiger partial charge in [0.25, 0.3) is 5.91 Å². The van der Waals surface area contributed by atoms with Crippen LogP contribution in [0.25, 0.3) is 0 Å². The molecule has 0 saturated carbocycles. The zero-order valence-corrected chi connectivity index (χ0v) is 15.8. The lowest BCUT2D eigenvalue weighted by Gasteiger charge is -2.16. The van der Waals surface area contributed by atoms with E-state index in [0.717, 1.165) is 52.7 Å². The van der Waals surface area contributed by atoms with Gasteiger partial charge in [0.15, 0.2) is 0 Å². The van der Waals surface area contributed by atoms with Crippen molar-refractivity contribution in [3.8, 4) is 0 Å². The summed E-state index contributed by atoms with van der Waals surface area (Å²) in [4.78, 5) is 13.8. The van der Waals surface area contributed by atoms with Crippen molar-refractivity contribution in [1.82, 2.24) is 5.32 Å². The highest BCUT2D eigenvalue weighted by Gasteiger charge is 2.20. The van der Waals surface area contributed by atoms with E-state index in [0.29, 0.717) is 6.10 Å². The number of furan rings is 1. The maximum Gasteiger partial charge on any atom is 0.252 e. The fraction of sp³-hybridized carbons (Fsp3) is 0.450. The van der Waals surface area contributed by atoms with Gasteiger partial charge in [0, 0.05) is 22.8 Å². The third-order valence-corrected chi connectivity index (χ3v) is 5.68. The lowest BCUT2D eigenvalue weighted by molar-refractivity contribution is 0.0936. The molecule has 2 atom stereocenters. The first-order valence-electron chi connectivity index (χ1n) is 8.76. The van der Waals surface area contributed by atoms with Crippen LogP contribution < -0.4 is 5.32 Å². The van der Waals surface area contributed by atoms with Crippen molar-refractivity contribution in [2.45, 2.75) is 50.7 Å².